The summed E-state index contributed by atoms with van der Waals surface area (Å²) in [5.74, 6) is -0.779. The summed E-state index contributed by atoms with van der Waals surface area (Å²) in [5.41, 5.74) is -0.612. The van der Waals surface area contributed by atoms with Crippen LogP contribution in [0.3, 0.4) is 0 Å². The number of amides is 1. The van der Waals surface area contributed by atoms with E-state index in [1.165, 1.54) is 17.7 Å². The maximum absolute atomic E-state index is 13.5. The third-order valence-electron chi connectivity index (χ3n) is 5.20. The van der Waals surface area contributed by atoms with Gasteiger partial charge in [0.25, 0.3) is 5.56 Å². The highest BCUT2D eigenvalue weighted by Gasteiger charge is 2.35. The monoisotopic (exact) mass is 470 g/mol. The zero-order valence-corrected chi connectivity index (χ0v) is 19.5. The van der Waals surface area contributed by atoms with Crippen molar-refractivity contribution in [2.24, 2.45) is 11.8 Å². The molecule has 10 nitrogen and oxygen atoms in total. The molecule has 1 saturated heterocycles. The van der Waals surface area contributed by atoms with E-state index in [0.717, 1.165) is 22.3 Å². The predicted octanol–water partition coefficient (Wildman–Crippen LogP) is 0.722. The van der Waals surface area contributed by atoms with Crippen LogP contribution >= 0.6 is 11.3 Å². The molecule has 3 rings (SSSR count). The summed E-state index contributed by atoms with van der Waals surface area (Å²) in [6, 6.07) is 0. The number of rotatable bonds is 6. The second-order valence-corrected chi connectivity index (χ2v) is 11.0. The Balaban J connectivity index is 1.99. The zero-order valence-electron chi connectivity index (χ0n) is 17.9. The Morgan fingerprint density at radius 2 is 1.94 bits per heavy atom. The summed E-state index contributed by atoms with van der Waals surface area (Å²) < 4.78 is 33.9. The van der Waals surface area contributed by atoms with E-state index in [-0.39, 0.29) is 28.7 Å². The van der Waals surface area contributed by atoms with E-state index in [1.54, 1.807) is 6.92 Å². The van der Waals surface area contributed by atoms with Crippen molar-refractivity contribution in [3.8, 4) is 0 Å². The fourth-order valence-electron chi connectivity index (χ4n) is 3.92. The second kappa shape index (κ2) is 9.05. The third kappa shape index (κ3) is 4.80. The van der Waals surface area contributed by atoms with Crippen LogP contribution in [0, 0.1) is 18.8 Å². The molecule has 0 radical (unpaired) electrons. The van der Waals surface area contributed by atoms with E-state index in [0.29, 0.717) is 22.8 Å². The Kier molecular flexibility index (Phi) is 6.82. The Labute approximate surface area is 184 Å². The molecule has 2 aromatic rings. The molecule has 0 aliphatic carbocycles. The molecule has 0 unspecified atom stereocenters. The molecule has 0 bridgehead atoms. The minimum absolute atomic E-state index is 0.00310. The number of methoxy groups -OCH3 is 1. The highest BCUT2D eigenvalue weighted by atomic mass is 32.2. The van der Waals surface area contributed by atoms with E-state index in [9.17, 15) is 22.8 Å². The molecule has 12 heteroatoms. The topological polar surface area (TPSA) is 128 Å². The lowest BCUT2D eigenvalue weighted by molar-refractivity contribution is -0.141. The molecule has 0 saturated carbocycles. The van der Waals surface area contributed by atoms with Crippen LogP contribution in [-0.2, 0) is 30.9 Å². The average Bonchev–Trinajstić information content (AvgIpc) is 3.05. The summed E-state index contributed by atoms with van der Waals surface area (Å²) in [7, 11) is -2.71. The highest BCUT2D eigenvalue weighted by molar-refractivity contribution is 7.89. The van der Waals surface area contributed by atoms with Crippen molar-refractivity contribution in [2.45, 2.75) is 38.6 Å². The van der Waals surface area contributed by atoms with Gasteiger partial charge in [-0.25, -0.2) is 13.4 Å². The Morgan fingerprint density at radius 3 is 2.55 bits per heavy atom. The smallest absolute Gasteiger partial charge is 0.325 e. The normalized spacial score (nSPS) is 20.0. The van der Waals surface area contributed by atoms with Crippen LogP contribution < -0.4 is 10.9 Å². The first kappa shape index (κ1) is 23.4. The van der Waals surface area contributed by atoms with E-state index >= 15 is 0 Å². The van der Waals surface area contributed by atoms with E-state index in [2.05, 4.69) is 15.0 Å². The number of sulfonamides is 1. The number of aromatic nitrogens is 2. The quantitative estimate of drug-likeness (QED) is 0.616. The number of esters is 1. The molecule has 1 fully saturated rings. The third-order valence-corrected chi connectivity index (χ3v) is 8.35. The SMILES string of the molecule is COC(=O)CNC(=O)Cn1cnc2sc(C)c(S(=O)(=O)N3C[C@H](C)C[C@H](C)C3)c2c1=O. The minimum atomic E-state index is -3.91. The molecule has 3 heterocycles. The van der Waals surface area contributed by atoms with Gasteiger partial charge in [-0.05, 0) is 25.2 Å². The zero-order chi connectivity index (χ0) is 22.9. The molecular formula is C19H26N4O6S2. The van der Waals surface area contributed by atoms with Crippen molar-refractivity contribution in [3.05, 3.63) is 21.6 Å². The van der Waals surface area contributed by atoms with Crippen molar-refractivity contribution in [1.29, 1.82) is 0 Å². The van der Waals surface area contributed by atoms with E-state index in [4.69, 9.17) is 0 Å². The first-order valence-corrected chi connectivity index (χ1v) is 12.1. The summed E-state index contributed by atoms with van der Waals surface area (Å²) >= 11 is 1.14. The summed E-state index contributed by atoms with van der Waals surface area (Å²) in [5, 5.41) is 2.34. The van der Waals surface area contributed by atoms with Crippen LogP contribution in [0.2, 0.25) is 0 Å². The summed E-state index contributed by atoms with van der Waals surface area (Å²) in [4.78, 5) is 41.4. The second-order valence-electron chi connectivity index (χ2n) is 7.97. The van der Waals surface area contributed by atoms with Crippen LogP contribution in [0.5, 0.6) is 0 Å². The fraction of sp³-hybridized carbons (Fsp3) is 0.579. The minimum Gasteiger partial charge on any atom is -0.468 e. The average molecular weight is 471 g/mol. The van der Waals surface area contributed by atoms with Gasteiger partial charge in [-0.15, -0.1) is 11.3 Å². The van der Waals surface area contributed by atoms with Gasteiger partial charge in [0.2, 0.25) is 15.9 Å². The molecule has 1 aliphatic heterocycles. The summed E-state index contributed by atoms with van der Waals surface area (Å²) in [6.45, 7) is 5.74. The number of piperidine rings is 1. The van der Waals surface area contributed by atoms with Crippen LogP contribution in [0.25, 0.3) is 10.2 Å². The number of carbonyl (C=O) groups is 2. The van der Waals surface area contributed by atoms with Gasteiger partial charge >= 0.3 is 5.97 Å². The summed E-state index contributed by atoms with van der Waals surface area (Å²) in [6.07, 6.45) is 2.16. The number of fused-ring (bicyclic) bond motifs is 1. The van der Waals surface area contributed by atoms with Gasteiger partial charge in [0.15, 0.2) is 0 Å². The highest BCUT2D eigenvalue weighted by Crippen LogP contribution is 2.35. The van der Waals surface area contributed by atoms with Crippen molar-refractivity contribution >= 4 is 43.5 Å². The fourth-order valence-corrected chi connectivity index (χ4v) is 7.27. The molecule has 31 heavy (non-hydrogen) atoms. The number of carbonyl (C=O) groups excluding carboxylic acids is 2. The number of aryl methyl sites for hydroxylation is 1. The van der Waals surface area contributed by atoms with Crippen LogP contribution in [0.1, 0.15) is 25.1 Å². The molecule has 1 aliphatic rings. The van der Waals surface area contributed by atoms with Crippen LogP contribution in [0.4, 0.5) is 0 Å². The molecule has 0 spiro atoms. The van der Waals surface area contributed by atoms with Crippen molar-refractivity contribution in [3.63, 3.8) is 0 Å². The number of hydrogen-bond donors (Lipinski definition) is 1. The lowest BCUT2D eigenvalue weighted by Crippen LogP contribution is -2.43. The molecule has 1 N–H and O–H groups in total. The Hall–Kier alpha value is -2.31. The van der Waals surface area contributed by atoms with Crippen LogP contribution in [0.15, 0.2) is 16.0 Å². The van der Waals surface area contributed by atoms with Gasteiger partial charge < -0.3 is 10.1 Å². The number of hydrogen-bond acceptors (Lipinski definition) is 8. The van der Waals surface area contributed by atoms with Gasteiger partial charge in [-0.1, -0.05) is 13.8 Å². The molecular weight excluding hydrogens is 444 g/mol. The van der Waals surface area contributed by atoms with Gasteiger partial charge in [0.1, 0.15) is 22.8 Å². The number of ether oxygens (including phenoxy) is 1. The molecule has 1 amide bonds. The Bertz CT molecular complexity index is 1160. The number of nitrogens with one attached hydrogen (secondary N) is 1. The van der Waals surface area contributed by atoms with Crippen molar-refractivity contribution < 1.29 is 22.7 Å². The first-order valence-electron chi connectivity index (χ1n) is 9.86. The lowest BCUT2D eigenvalue weighted by Gasteiger charge is -2.34. The van der Waals surface area contributed by atoms with Crippen molar-refractivity contribution in [1.82, 2.24) is 19.2 Å². The van der Waals surface area contributed by atoms with Crippen molar-refractivity contribution in [2.75, 3.05) is 26.7 Å². The van der Waals surface area contributed by atoms with Gasteiger partial charge in [-0.3, -0.25) is 19.0 Å². The van der Waals surface area contributed by atoms with Gasteiger partial charge in [0, 0.05) is 18.0 Å². The number of thiophene rings is 1. The molecule has 0 aromatic carbocycles. The predicted molar refractivity (Wildman–Crippen MR) is 115 cm³/mol. The van der Waals surface area contributed by atoms with Gasteiger partial charge in [0.05, 0.1) is 18.8 Å². The molecule has 2 atom stereocenters. The number of nitrogens with zero attached hydrogens (tertiary/aromatic N) is 3. The first-order chi connectivity index (χ1) is 14.5. The van der Waals surface area contributed by atoms with Crippen LogP contribution in [-0.4, -0.2) is 60.9 Å². The van der Waals surface area contributed by atoms with Gasteiger partial charge in [-0.2, -0.15) is 4.31 Å². The largest absolute Gasteiger partial charge is 0.468 e. The maximum Gasteiger partial charge on any atom is 0.325 e. The maximum atomic E-state index is 13.5. The molecule has 170 valence electrons. The molecule has 2 aromatic heterocycles. The lowest BCUT2D eigenvalue weighted by atomic mass is 9.94. The van der Waals surface area contributed by atoms with E-state index in [1.807, 2.05) is 13.8 Å². The Morgan fingerprint density at radius 1 is 1.29 bits per heavy atom. The van der Waals surface area contributed by atoms with E-state index < -0.39 is 34.0 Å². The standard InChI is InChI=1S/C19H26N4O6S2/c1-11-5-12(2)8-23(7-11)31(27,28)17-13(3)30-18-16(17)19(26)22(10-21-18)9-14(24)20-6-15(25)29-4/h10-12H,5-9H2,1-4H3,(H,20,24)/t11-,12+.